The van der Waals surface area contributed by atoms with Crippen molar-refractivity contribution in [1.29, 1.82) is 0 Å². The summed E-state index contributed by atoms with van der Waals surface area (Å²) < 4.78 is 18.2. The Hall–Kier alpha value is -1.77. The second-order valence-corrected chi connectivity index (χ2v) is 2.64. The van der Waals surface area contributed by atoms with Crippen LogP contribution < -0.4 is 0 Å². The van der Waals surface area contributed by atoms with Crippen molar-refractivity contribution in [2.75, 3.05) is 0 Å². The molecule has 2 rings (SSSR count). The van der Waals surface area contributed by atoms with Crippen molar-refractivity contribution in [2.24, 2.45) is 0 Å². The number of hydrogen-bond acceptors (Lipinski definition) is 2. The third kappa shape index (κ3) is 1.40. The Kier molecular flexibility index (Phi) is 1.77. The first-order valence-corrected chi connectivity index (χ1v) is 3.80. The molecule has 66 valence electrons. The fraction of sp³-hybridized carbons (Fsp3) is 0. The van der Waals surface area contributed by atoms with Gasteiger partial charge in [0.25, 0.3) is 0 Å². The van der Waals surface area contributed by atoms with Gasteiger partial charge in [-0.2, -0.15) is 0 Å². The Morgan fingerprint density at radius 3 is 2.69 bits per heavy atom. The van der Waals surface area contributed by atoms with E-state index in [9.17, 15) is 4.39 Å². The standard InChI is InChI=1S/C10H7FO2/c11-9-6-7(12)3-4-8(9)10-2-1-5-13-10/h1-6,12H. The maximum absolute atomic E-state index is 13.2. The Morgan fingerprint density at radius 1 is 1.23 bits per heavy atom. The van der Waals surface area contributed by atoms with E-state index in [-0.39, 0.29) is 5.75 Å². The molecule has 0 atom stereocenters. The summed E-state index contributed by atoms with van der Waals surface area (Å²) in [6, 6.07) is 7.29. The summed E-state index contributed by atoms with van der Waals surface area (Å²) in [6.45, 7) is 0. The van der Waals surface area contributed by atoms with Crippen LogP contribution in [0.4, 0.5) is 4.39 Å². The van der Waals surface area contributed by atoms with Crippen molar-refractivity contribution < 1.29 is 13.9 Å². The number of hydrogen-bond donors (Lipinski definition) is 1. The number of phenols is 1. The zero-order valence-corrected chi connectivity index (χ0v) is 6.70. The minimum absolute atomic E-state index is 0.0900. The molecule has 0 saturated carbocycles. The van der Waals surface area contributed by atoms with Gasteiger partial charge in [0.1, 0.15) is 17.3 Å². The van der Waals surface area contributed by atoms with E-state index in [1.165, 1.54) is 18.4 Å². The predicted octanol–water partition coefficient (Wildman–Crippen LogP) is 2.79. The first kappa shape index (κ1) is 7.86. The van der Waals surface area contributed by atoms with Crippen LogP contribution in [0.15, 0.2) is 41.0 Å². The summed E-state index contributed by atoms with van der Waals surface area (Å²) in [6.07, 6.45) is 1.47. The zero-order chi connectivity index (χ0) is 9.26. The van der Waals surface area contributed by atoms with Gasteiger partial charge in [-0.1, -0.05) is 0 Å². The van der Waals surface area contributed by atoms with Gasteiger partial charge in [0.15, 0.2) is 0 Å². The largest absolute Gasteiger partial charge is 0.508 e. The molecule has 13 heavy (non-hydrogen) atoms. The van der Waals surface area contributed by atoms with Gasteiger partial charge in [0.2, 0.25) is 0 Å². The molecule has 0 saturated heterocycles. The number of phenolic OH excluding ortho intramolecular Hbond substituents is 1. The summed E-state index contributed by atoms with van der Waals surface area (Å²) in [5.74, 6) is -0.125. The van der Waals surface area contributed by atoms with E-state index in [0.29, 0.717) is 11.3 Å². The van der Waals surface area contributed by atoms with Crippen molar-refractivity contribution in [3.05, 3.63) is 42.4 Å². The minimum atomic E-state index is -0.491. The summed E-state index contributed by atoms with van der Waals surface area (Å²) in [4.78, 5) is 0. The van der Waals surface area contributed by atoms with Crippen LogP contribution >= 0.6 is 0 Å². The smallest absolute Gasteiger partial charge is 0.137 e. The highest BCUT2D eigenvalue weighted by Crippen LogP contribution is 2.25. The van der Waals surface area contributed by atoms with Crippen molar-refractivity contribution in [3.63, 3.8) is 0 Å². The van der Waals surface area contributed by atoms with Crippen molar-refractivity contribution in [3.8, 4) is 17.1 Å². The molecule has 0 radical (unpaired) electrons. The van der Waals surface area contributed by atoms with Gasteiger partial charge in [-0.15, -0.1) is 0 Å². The molecular weight excluding hydrogens is 171 g/mol. The average Bonchev–Trinajstić information content (AvgIpc) is 2.56. The lowest BCUT2D eigenvalue weighted by molar-refractivity contribution is 0.469. The van der Waals surface area contributed by atoms with Crippen LogP contribution in [0.3, 0.4) is 0 Å². The minimum Gasteiger partial charge on any atom is -0.508 e. The number of furan rings is 1. The second kappa shape index (κ2) is 2.94. The highest BCUT2D eigenvalue weighted by molar-refractivity contribution is 5.59. The van der Waals surface area contributed by atoms with E-state index in [2.05, 4.69) is 0 Å². The monoisotopic (exact) mass is 178 g/mol. The third-order valence-corrected chi connectivity index (χ3v) is 1.74. The van der Waals surface area contributed by atoms with Crippen LogP contribution in [-0.4, -0.2) is 5.11 Å². The van der Waals surface area contributed by atoms with Crippen LogP contribution in [0, 0.1) is 5.82 Å². The molecular formula is C10H7FO2. The second-order valence-electron chi connectivity index (χ2n) is 2.64. The van der Waals surface area contributed by atoms with Crippen molar-refractivity contribution in [2.45, 2.75) is 0 Å². The molecule has 0 aliphatic carbocycles. The van der Waals surface area contributed by atoms with Crippen LogP contribution in [-0.2, 0) is 0 Å². The topological polar surface area (TPSA) is 33.4 Å². The number of halogens is 1. The normalized spacial score (nSPS) is 10.2. The maximum Gasteiger partial charge on any atom is 0.137 e. The number of rotatable bonds is 1. The number of aromatic hydroxyl groups is 1. The van der Waals surface area contributed by atoms with Crippen LogP contribution in [0.2, 0.25) is 0 Å². The Morgan fingerprint density at radius 2 is 2.08 bits per heavy atom. The van der Waals surface area contributed by atoms with Gasteiger partial charge in [-0.25, -0.2) is 4.39 Å². The van der Waals surface area contributed by atoms with Crippen LogP contribution in [0.1, 0.15) is 0 Å². The lowest BCUT2D eigenvalue weighted by atomic mass is 10.1. The molecule has 1 N–H and O–H groups in total. The molecule has 0 unspecified atom stereocenters. The maximum atomic E-state index is 13.2. The first-order chi connectivity index (χ1) is 6.27. The summed E-state index contributed by atoms with van der Waals surface area (Å²) in [5, 5.41) is 8.96. The molecule has 1 aromatic carbocycles. The Bertz CT molecular complexity index is 407. The highest BCUT2D eigenvalue weighted by Gasteiger charge is 2.07. The van der Waals surface area contributed by atoms with E-state index >= 15 is 0 Å². The van der Waals surface area contributed by atoms with Gasteiger partial charge in [0.05, 0.1) is 11.8 Å². The van der Waals surface area contributed by atoms with Crippen LogP contribution in [0.25, 0.3) is 11.3 Å². The van der Waals surface area contributed by atoms with Gasteiger partial charge in [-0.3, -0.25) is 0 Å². The number of benzene rings is 1. The molecule has 0 fully saturated rings. The summed E-state index contributed by atoms with van der Waals surface area (Å²) >= 11 is 0. The first-order valence-electron chi connectivity index (χ1n) is 3.80. The van der Waals surface area contributed by atoms with Gasteiger partial charge in [0, 0.05) is 6.07 Å². The SMILES string of the molecule is Oc1ccc(-c2ccco2)c(F)c1. The lowest BCUT2D eigenvalue weighted by Crippen LogP contribution is -1.80. The molecule has 2 aromatic rings. The fourth-order valence-electron chi connectivity index (χ4n) is 1.14. The van der Waals surface area contributed by atoms with Gasteiger partial charge in [-0.05, 0) is 24.3 Å². The Labute approximate surface area is 74.2 Å². The molecule has 0 aliphatic heterocycles. The predicted molar refractivity (Wildman–Crippen MR) is 45.8 cm³/mol. The van der Waals surface area contributed by atoms with Gasteiger partial charge >= 0.3 is 0 Å². The molecule has 0 aliphatic rings. The van der Waals surface area contributed by atoms with E-state index in [1.807, 2.05) is 0 Å². The molecule has 0 amide bonds. The van der Waals surface area contributed by atoms with Crippen molar-refractivity contribution in [1.82, 2.24) is 0 Å². The Balaban J connectivity index is 2.53. The lowest BCUT2D eigenvalue weighted by Gasteiger charge is -1.99. The quantitative estimate of drug-likeness (QED) is 0.728. The van der Waals surface area contributed by atoms with Crippen molar-refractivity contribution >= 4 is 0 Å². The molecule has 3 heteroatoms. The molecule has 1 aromatic heterocycles. The summed E-state index contributed by atoms with van der Waals surface area (Å²) in [5.41, 5.74) is 0.350. The zero-order valence-electron chi connectivity index (χ0n) is 6.70. The fourth-order valence-corrected chi connectivity index (χ4v) is 1.14. The van der Waals surface area contributed by atoms with E-state index in [1.54, 1.807) is 12.1 Å². The molecule has 0 bridgehead atoms. The average molecular weight is 178 g/mol. The van der Waals surface area contributed by atoms with Gasteiger partial charge < -0.3 is 9.52 Å². The third-order valence-electron chi connectivity index (χ3n) is 1.74. The summed E-state index contributed by atoms with van der Waals surface area (Å²) in [7, 11) is 0. The highest BCUT2D eigenvalue weighted by atomic mass is 19.1. The molecule has 2 nitrogen and oxygen atoms in total. The van der Waals surface area contributed by atoms with E-state index < -0.39 is 5.82 Å². The molecule has 1 heterocycles. The van der Waals surface area contributed by atoms with E-state index in [0.717, 1.165) is 6.07 Å². The van der Waals surface area contributed by atoms with E-state index in [4.69, 9.17) is 9.52 Å². The molecule has 0 spiro atoms. The van der Waals surface area contributed by atoms with Crippen LogP contribution in [0.5, 0.6) is 5.75 Å².